The quantitative estimate of drug-likeness (QED) is 0.596. The summed E-state index contributed by atoms with van der Waals surface area (Å²) in [6, 6.07) is 0.352. The van der Waals surface area contributed by atoms with Gasteiger partial charge in [-0.25, -0.2) is 4.79 Å². The maximum absolute atomic E-state index is 11.3. The minimum absolute atomic E-state index is 0.108. The molecule has 0 aromatic rings. The van der Waals surface area contributed by atoms with Gasteiger partial charge in [-0.2, -0.15) is 0 Å². The van der Waals surface area contributed by atoms with E-state index in [-0.39, 0.29) is 11.6 Å². The van der Waals surface area contributed by atoms with E-state index in [1.165, 1.54) is 0 Å². The molecule has 0 spiro atoms. The smallest absolute Gasteiger partial charge is 0.315 e. The highest BCUT2D eigenvalue weighted by atomic mass is 16.2. The molecule has 0 aliphatic carbocycles. The van der Waals surface area contributed by atoms with Gasteiger partial charge < -0.3 is 16.0 Å². The van der Waals surface area contributed by atoms with Crippen molar-refractivity contribution in [3.63, 3.8) is 0 Å². The van der Waals surface area contributed by atoms with E-state index in [0.717, 1.165) is 6.54 Å². The van der Waals surface area contributed by atoms with Gasteiger partial charge in [-0.3, -0.25) is 0 Å². The summed E-state index contributed by atoms with van der Waals surface area (Å²) in [6.45, 7) is 11.5. The van der Waals surface area contributed by atoms with Crippen molar-refractivity contribution in [1.82, 2.24) is 16.0 Å². The van der Waals surface area contributed by atoms with Crippen molar-refractivity contribution in [2.75, 3.05) is 13.1 Å². The van der Waals surface area contributed by atoms with Gasteiger partial charge in [0.25, 0.3) is 0 Å². The van der Waals surface area contributed by atoms with Gasteiger partial charge in [-0.1, -0.05) is 13.8 Å². The van der Waals surface area contributed by atoms with Crippen LogP contribution in [-0.2, 0) is 0 Å². The van der Waals surface area contributed by atoms with Gasteiger partial charge in [0.2, 0.25) is 0 Å². The first-order valence-corrected chi connectivity index (χ1v) is 5.10. The maximum atomic E-state index is 11.3. The number of carbonyl (C=O) groups is 1. The first kappa shape index (κ1) is 13.2. The lowest BCUT2D eigenvalue weighted by Gasteiger charge is -2.20. The summed E-state index contributed by atoms with van der Waals surface area (Å²) in [5, 5.41) is 8.83. The Morgan fingerprint density at radius 3 is 2.21 bits per heavy atom. The molecule has 0 bridgehead atoms. The number of rotatable bonds is 4. The molecule has 3 N–H and O–H groups in total. The number of amides is 2. The van der Waals surface area contributed by atoms with Crippen molar-refractivity contribution in [1.29, 1.82) is 0 Å². The summed E-state index contributed by atoms with van der Waals surface area (Å²) in [5.41, 5.74) is -0.171. The van der Waals surface area contributed by atoms with Gasteiger partial charge in [0.1, 0.15) is 0 Å². The van der Waals surface area contributed by atoms with Gasteiger partial charge in [-0.05, 0) is 20.8 Å². The Hall–Kier alpha value is -0.770. The average molecular weight is 201 g/mol. The average Bonchev–Trinajstić information content (AvgIpc) is 1.94. The third-order valence-corrected chi connectivity index (χ3v) is 1.45. The lowest BCUT2D eigenvalue weighted by atomic mass is 10.1. The molecule has 0 unspecified atom stereocenters. The second kappa shape index (κ2) is 5.86. The standard InChI is InChI=1S/C10H23N3O/c1-8(2)11-6-7-12-9(14)13-10(3,4)5/h8,11H,6-7H2,1-5H3,(H2,12,13,14). The van der Waals surface area contributed by atoms with Gasteiger partial charge >= 0.3 is 6.03 Å². The first-order chi connectivity index (χ1) is 6.31. The Bertz CT molecular complexity index is 173. The Labute approximate surface area is 86.8 Å². The van der Waals surface area contributed by atoms with E-state index in [4.69, 9.17) is 0 Å². The maximum Gasteiger partial charge on any atom is 0.315 e. The Morgan fingerprint density at radius 1 is 1.21 bits per heavy atom. The molecule has 0 radical (unpaired) electrons. The molecule has 0 saturated carbocycles. The normalized spacial score (nSPS) is 11.6. The van der Waals surface area contributed by atoms with Crippen LogP contribution in [0.15, 0.2) is 0 Å². The number of urea groups is 1. The predicted molar refractivity (Wildman–Crippen MR) is 59.4 cm³/mol. The van der Waals surface area contributed by atoms with Crippen LogP contribution in [0.25, 0.3) is 0 Å². The zero-order valence-corrected chi connectivity index (χ0v) is 9.90. The van der Waals surface area contributed by atoms with Crippen molar-refractivity contribution in [2.24, 2.45) is 0 Å². The summed E-state index contributed by atoms with van der Waals surface area (Å²) in [4.78, 5) is 11.3. The van der Waals surface area contributed by atoms with Crippen molar-refractivity contribution in [3.8, 4) is 0 Å². The molecule has 0 atom stereocenters. The lowest BCUT2D eigenvalue weighted by molar-refractivity contribution is 0.232. The molecule has 84 valence electrons. The molecule has 0 fully saturated rings. The SMILES string of the molecule is CC(C)NCCNC(=O)NC(C)(C)C. The summed E-state index contributed by atoms with van der Waals surface area (Å²) in [7, 11) is 0. The fourth-order valence-electron chi connectivity index (χ4n) is 0.922. The molecule has 14 heavy (non-hydrogen) atoms. The highest BCUT2D eigenvalue weighted by molar-refractivity contribution is 5.74. The van der Waals surface area contributed by atoms with Crippen LogP contribution in [0.2, 0.25) is 0 Å². The summed E-state index contributed by atoms with van der Waals surface area (Å²) < 4.78 is 0. The minimum Gasteiger partial charge on any atom is -0.337 e. The van der Waals surface area contributed by atoms with Crippen molar-refractivity contribution < 1.29 is 4.79 Å². The predicted octanol–water partition coefficient (Wildman–Crippen LogP) is 1.08. The molecule has 4 heteroatoms. The molecule has 0 aliphatic rings. The van der Waals surface area contributed by atoms with E-state index < -0.39 is 0 Å². The molecule has 0 aromatic carbocycles. The largest absolute Gasteiger partial charge is 0.337 e. The third-order valence-electron chi connectivity index (χ3n) is 1.45. The number of hydrogen-bond acceptors (Lipinski definition) is 2. The zero-order valence-electron chi connectivity index (χ0n) is 9.90. The number of carbonyl (C=O) groups excluding carboxylic acids is 1. The third kappa shape index (κ3) is 9.32. The Kier molecular flexibility index (Phi) is 5.53. The molecule has 0 heterocycles. The Balaban J connectivity index is 3.46. The van der Waals surface area contributed by atoms with Gasteiger partial charge in [0.15, 0.2) is 0 Å². The second-order valence-corrected chi connectivity index (χ2v) is 4.74. The Morgan fingerprint density at radius 2 is 1.79 bits per heavy atom. The van der Waals surface area contributed by atoms with Crippen LogP contribution in [0.3, 0.4) is 0 Å². The van der Waals surface area contributed by atoms with E-state index in [2.05, 4.69) is 29.8 Å². The molecule has 0 rings (SSSR count). The van der Waals surface area contributed by atoms with Crippen molar-refractivity contribution >= 4 is 6.03 Å². The van der Waals surface area contributed by atoms with Crippen molar-refractivity contribution in [3.05, 3.63) is 0 Å². The fourth-order valence-corrected chi connectivity index (χ4v) is 0.922. The molecular formula is C10H23N3O. The summed E-state index contributed by atoms with van der Waals surface area (Å²) >= 11 is 0. The molecule has 0 aromatic heterocycles. The van der Waals surface area contributed by atoms with Crippen LogP contribution >= 0.6 is 0 Å². The van der Waals surface area contributed by atoms with Crippen LogP contribution in [-0.4, -0.2) is 30.7 Å². The van der Waals surface area contributed by atoms with Crippen LogP contribution in [0, 0.1) is 0 Å². The van der Waals surface area contributed by atoms with E-state index in [9.17, 15) is 4.79 Å². The van der Waals surface area contributed by atoms with Gasteiger partial charge in [0, 0.05) is 24.7 Å². The first-order valence-electron chi connectivity index (χ1n) is 5.10. The van der Waals surface area contributed by atoms with E-state index in [0.29, 0.717) is 12.6 Å². The number of hydrogen-bond donors (Lipinski definition) is 3. The monoisotopic (exact) mass is 201 g/mol. The van der Waals surface area contributed by atoms with E-state index >= 15 is 0 Å². The van der Waals surface area contributed by atoms with Crippen molar-refractivity contribution in [2.45, 2.75) is 46.2 Å². The molecule has 2 amide bonds. The number of nitrogens with one attached hydrogen (secondary N) is 3. The minimum atomic E-state index is -0.171. The van der Waals surface area contributed by atoms with Crippen LogP contribution in [0.4, 0.5) is 4.79 Å². The summed E-state index contributed by atoms with van der Waals surface area (Å²) in [5.74, 6) is 0. The molecule has 4 nitrogen and oxygen atoms in total. The van der Waals surface area contributed by atoms with Crippen LogP contribution in [0.5, 0.6) is 0 Å². The highest BCUT2D eigenvalue weighted by Gasteiger charge is 2.12. The van der Waals surface area contributed by atoms with Crippen LogP contribution < -0.4 is 16.0 Å². The molecular weight excluding hydrogens is 178 g/mol. The van der Waals surface area contributed by atoms with E-state index in [1.807, 2.05) is 20.8 Å². The second-order valence-electron chi connectivity index (χ2n) is 4.74. The topological polar surface area (TPSA) is 53.2 Å². The highest BCUT2D eigenvalue weighted by Crippen LogP contribution is 1.96. The summed E-state index contributed by atoms with van der Waals surface area (Å²) in [6.07, 6.45) is 0. The zero-order chi connectivity index (χ0) is 11.2. The van der Waals surface area contributed by atoms with Crippen LogP contribution in [0.1, 0.15) is 34.6 Å². The van der Waals surface area contributed by atoms with Gasteiger partial charge in [0.05, 0.1) is 0 Å². The van der Waals surface area contributed by atoms with Gasteiger partial charge in [-0.15, -0.1) is 0 Å². The van der Waals surface area contributed by atoms with E-state index in [1.54, 1.807) is 0 Å². The fraction of sp³-hybridized carbons (Fsp3) is 0.900. The molecule has 0 aliphatic heterocycles. The molecule has 0 saturated heterocycles. The lowest BCUT2D eigenvalue weighted by Crippen LogP contribution is -2.48.